The Morgan fingerprint density at radius 2 is 0.929 bits per heavy atom. The van der Waals surface area contributed by atoms with Crippen LogP contribution in [0.4, 0.5) is 31.1 Å². The standard InChI is InChI=1S/C19H13F3.2CH3F.F2/c1-12-2-4-13(5-3-12)15-10-17(21)19(18(22)11-15)14-6-8-16(20)9-7-14;3*1-2/h2-11H,1H3;2*1H3;. The number of hydrogen-bond acceptors (Lipinski definition) is 0. The first-order valence-electron chi connectivity index (χ1n) is 7.76. The monoisotopic (exact) mass is 404 g/mol. The average Bonchev–Trinajstić information content (AvgIpc) is 2.74. The lowest BCUT2D eigenvalue weighted by molar-refractivity contribution is 0.108. The molecule has 0 radical (unpaired) electrons. The Labute approximate surface area is 159 Å². The summed E-state index contributed by atoms with van der Waals surface area (Å²) < 4.78 is 76.6. The van der Waals surface area contributed by atoms with E-state index in [1.54, 1.807) is 0 Å². The number of rotatable bonds is 2. The van der Waals surface area contributed by atoms with Crippen LogP contribution in [0.1, 0.15) is 5.56 Å². The number of halogens is 7. The summed E-state index contributed by atoms with van der Waals surface area (Å²) in [5, 5.41) is 0. The largest absolute Gasteiger partial charge is 0.255 e. The zero-order chi connectivity index (χ0) is 21.7. The Morgan fingerprint density at radius 3 is 1.36 bits per heavy atom. The second-order valence-electron chi connectivity index (χ2n) is 5.19. The first-order valence-corrected chi connectivity index (χ1v) is 7.76. The van der Waals surface area contributed by atoms with Crippen LogP contribution in [-0.2, 0) is 0 Å². The van der Waals surface area contributed by atoms with Crippen LogP contribution in [-0.4, -0.2) is 14.4 Å². The molecular formula is C21H19F7. The maximum absolute atomic E-state index is 14.3. The summed E-state index contributed by atoms with van der Waals surface area (Å²) in [6.45, 7) is 1.95. The number of hydrogen-bond donors (Lipinski definition) is 0. The van der Waals surface area contributed by atoms with Crippen molar-refractivity contribution < 1.29 is 31.1 Å². The molecule has 0 nitrogen and oxygen atoms in total. The van der Waals surface area contributed by atoms with Gasteiger partial charge in [0.1, 0.15) is 17.5 Å². The molecule has 3 aromatic carbocycles. The summed E-state index contributed by atoms with van der Waals surface area (Å²) in [7, 11) is 1.00. The van der Waals surface area contributed by atoms with E-state index >= 15 is 0 Å². The zero-order valence-corrected chi connectivity index (χ0v) is 15.4. The van der Waals surface area contributed by atoms with Crippen molar-refractivity contribution >= 4 is 0 Å². The average molecular weight is 404 g/mol. The Balaban J connectivity index is 0.00000111. The molecule has 3 aromatic rings. The maximum Gasteiger partial charge on any atom is 0.134 e. The lowest BCUT2D eigenvalue weighted by Crippen LogP contribution is -1.92. The van der Waals surface area contributed by atoms with Crippen molar-refractivity contribution in [2.24, 2.45) is 0 Å². The van der Waals surface area contributed by atoms with Gasteiger partial charge in [0.25, 0.3) is 0 Å². The molecule has 0 aliphatic heterocycles. The van der Waals surface area contributed by atoms with Gasteiger partial charge in [0.2, 0.25) is 0 Å². The van der Waals surface area contributed by atoms with E-state index in [0.717, 1.165) is 11.1 Å². The normalized spacial score (nSPS) is 9.07. The fraction of sp³-hybridized carbons (Fsp3) is 0.143. The molecule has 0 fully saturated rings. The second-order valence-corrected chi connectivity index (χ2v) is 5.19. The van der Waals surface area contributed by atoms with E-state index in [2.05, 4.69) is 0 Å². The van der Waals surface area contributed by atoms with Crippen LogP contribution in [0.3, 0.4) is 0 Å². The molecule has 3 rings (SSSR count). The molecule has 0 bridgehead atoms. The van der Waals surface area contributed by atoms with E-state index < -0.39 is 17.5 Å². The van der Waals surface area contributed by atoms with Gasteiger partial charge in [-0.3, -0.25) is 8.78 Å². The van der Waals surface area contributed by atoms with Crippen LogP contribution in [0.5, 0.6) is 0 Å². The molecule has 0 spiro atoms. The van der Waals surface area contributed by atoms with Crippen molar-refractivity contribution in [3.05, 3.63) is 83.7 Å². The van der Waals surface area contributed by atoms with Crippen molar-refractivity contribution in [1.82, 2.24) is 0 Å². The van der Waals surface area contributed by atoms with Crippen LogP contribution in [0.2, 0.25) is 0 Å². The van der Waals surface area contributed by atoms with Gasteiger partial charge in [-0.05, 0) is 47.9 Å². The minimum Gasteiger partial charge on any atom is -0.255 e. The molecule has 7 heteroatoms. The predicted octanol–water partition coefficient (Wildman–Crippen LogP) is 7.76. The van der Waals surface area contributed by atoms with Crippen molar-refractivity contribution in [1.29, 1.82) is 0 Å². The summed E-state index contributed by atoms with van der Waals surface area (Å²) in [5.74, 6) is -1.77. The summed E-state index contributed by atoms with van der Waals surface area (Å²) in [5.41, 5.74) is 2.46. The zero-order valence-electron chi connectivity index (χ0n) is 15.4. The van der Waals surface area contributed by atoms with Gasteiger partial charge in [0, 0.05) is 9.15 Å². The van der Waals surface area contributed by atoms with Gasteiger partial charge in [-0.25, -0.2) is 13.2 Å². The van der Waals surface area contributed by atoms with E-state index in [1.165, 1.54) is 36.4 Å². The van der Waals surface area contributed by atoms with Gasteiger partial charge >= 0.3 is 0 Å². The van der Waals surface area contributed by atoms with Gasteiger partial charge in [-0.2, -0.15) is 0 Å². The maximum atomic E-state index is 14.3. The highest BCUT2D eigenvalue weighted by molar-refractivity contribution is 5.71. The Kier molecular flexibility index (Phi) is 12.0. The number of alkyl halides is 2. The van der Waals surface area contributed by atoms with Crippen LogP contribution in [0, 0.1) is 24.4 Å². The van der Waals surface area contributed by atoms with E-state index in [0.29, 0.717) is 25.5 Å². The van der Waals surface area contributed by atoms with E-state index in [9.17, 15) is 22.0 Å². The number of benzene rings is 3. The van der Waals surface area contributed by atoms with Gasteiger partial charge in [-0.1, -0.05) is 42.0 Å². The molecular weight excluding hydrogens is 385 g/mol. The fourth-order valence-corrected chi connectivity index (χ4v) is 2.38. The SMILES string of the molecule is CF.CF.Cc1ccc(-c2cc(F)c(-c3ccc(F)cc3)c(F)c2)cc1.FF. The first kappa shape index (κ1) is 25.2. The minimum absolute atomic E-state index is 0.143. The third-order valence-corrected chi connectivity index (χ3v) is 3.56. The lowest BCUT2D eigenvalue weighted by Gasteiger charge is -2.09. The highest BCUT2D eigenvalue weighted by Crippen LogP contribution is 2.31. The summed E-state index contributed by atoms with van der Waals surface area (Å²) in [6, 6.07) is 15.1. The van der Waals surface area contributed by atoms with Gasteiger partial charge < -0.3 is 0 Å². The van der Waals surface area contributed by atoms with Crippen LogP contribution in [0.15, 0.2) is 60.7 Å². The highest BCUT2D eigenvalue weighted by Gasteiger charge is 2.14. The summed E-state index contributed by atoms with van der Waals surface area (Å²) in [4.78, 5) is 0. The molecule has 0 amide bonds. The van der Waals surface area contributed by atoms with E-state index in [1.807, 2.05) is 31.2 Å². The smallest absolute Gasteiger partial charge is 0.134 e. The minimum atomic E-state index is -0.665. The molecule has 0 saturated carbocycles. The van der Waals surface area contributed by atoms with Gasteiger partial charge in [-0.15, -0.1) is 0 Å². The molecule has 0 aliphatic rings. The van der Waals surface area contributed by atoms with E-state index in [4.69, 9.17) is 9.15 Å². The van der Waals surface area contributed by atoms with Crippen LogP contribution in [0.25, 0.3) is 22.3 Å². The van der Waals surface area contributed by atoms with Crippen LogP contribution < -0.4 is 0 Å². The van der Waals surface area contributed by atoms with Crippen LogP contribution >= 0.6 is 0 Å². The molecule has 0 aliphatic carbocycles. The molecule has 0 heterocycles. The second kappa shape index (κ2) is 13.4. The van der Waals surface area contributed by atoms with Gasteiger partial charge in [0.05, 0.1) is 19.9 Å². The molecule has 0 atom stereocenters. The predicted molar refractivity (Wildman–Crippen MR) is 98.2 cm³/mol. The van der Waals surface area contributed by atoms with Crippen molar-refractivity contribution in [3.63, 3.8) is 0 Å². The Morgan fingerprint density at radius 1 is 0.536 bits per heavy atom. The fourth-order valence-electron chi connectivity index (χ4n) is 2.38. The number of aryl methyl sites for hydroxylation is 1. The molecule has 28 heavy (non-hydrogen) atoms. The van der Waals surface area contributed by atoms with Crippen molar-refractivity contribution in [2.45, 2.75) is 6.92 Å². The van der Waals surface area contributed by atoms with E-state index in [-0.39, 0.29) is 5.56 Å². The lowest BCUT2D eigenvalue weighted by atomic mass is 9.98. The summed E-state index contributed by atoms with van der Waals surface area (Å²) >= 11 is 0. The Hall–Kier alpha value is -2.83. The van der Waals surface area contributed by atoms with Crippen molar-refractivity contribution in [2.75, 3.05) is 14.4 Å². The highest BCUT2D eigenvalue weighted by atomic mass is 20.0. The quantitative estimate of drug-likeness (QED) is 0.383. The third-order valence-electron chi connectivity index (χ3n) is 3.56. The summed E-state index contributed by atoms with van der Waals surface area (Å²) in [6.07, 6.45) is 0. The van der Waals surface area contributed by atoms with Crippen molar-refractivity contribution in [3.8, 4) is 22.3 Å². The third kappa shape index (κ3) is 6.72. The molecule has 0 saturated heterocycles. The molecule has 152 valence electrons. The topological polar surface area (TPSA) is 0 Å². The first-order chi connectivity index (χ1) is 13.5. The molecule has 0 aromatic heterocycles. The molecule has 0 unspecified atom stereocenters. The van der Waals surface area contributed by atoms with Gasteiger partial charge in [0.15, 0.2) is 0 Å². The Bertz CT molecular complexity index is 790. The molecule has 0 N–H and O–H groups in total.